The van der Waals surface area contributed by atoms with Crippen molar-refractivity contribution >= 4 is 6.03 Å². The number of rotatable bonds is 4. The summed E-state index contributed by atoms with van der Waals surface area (Å²) in [5, 5.41) is 10.9. The molecule has 1 aliphatic rings. The largest absolute Gasteiger partial charge is 0.328 e. The third-order valence-corrected chi connectivity index (χ3v) is 4.62. The number of hydrogen-bond donors (Lipinski definition) is 1. The van der Waals surface area contributed by atoms with Gasteiger partial charge in [-0.25, -0.2) is 4.79 Å². The van der Waals surface area contributed by atoms with Crippen molar-refractivity contribution in [2.24, 2.45) is 13.0 Å². The third kappa shape index (κ3) is 3.90. The maximum atomic E-state index is 12.4. The van der Waals surface area contributed by atoms with E-state index in [4.69, 9.17) is 0 Å². The molecule has 0 bridgehead atoms. The molecule has 0 spiro atoms. The van der Waals surface area contributed by atoms with Gasteiger partial charge < -0.3 is 14.8 Å². The monoisotopic (exact) mass is 328 g/mol. The van der Waals surface area contributed by atoms with E-state index >= 15 is 0 Å². The average Bonchev–Trinajstić information content (AvgIpc) is 3.02. The van der Waals surface area contributed by atoms with E-state index in [-0.39, 0.29) is 12.1 Å². The molecule has 2 aromatic heterocycles. The molecule has 1 unspecified atom stereocenters. The minimum atomic E-state index is -0.155. The summed E-state index contributed by atoms with van der Waals surface area (Å²) in [6.45, 7) is 3.52. The molecule has 1 atom stereocenters. The van der Waals surface area contributed by atoms with Crippen LogP contribution in [0, 0.1) is 5.92 Å². The van der Waals surface area contributed by atoms with Crippen molar-refractivity contribution in [3.8, 4) is 0 Å². The summed E-state index contributed by atoms with van der Waals surface area (Å²) in [5.41, 5.74) is 1.27. The Morgan fingerprint density at radius 2 is 2.21 bits per heavy atom. The molecule has 1 aliphatic heterocycles. The van der Waals surface area contributed by atoms with Gasteiger partial charge in [0.1, 0.15) is 6.33 Å². The Morgan fingerprint density at radius 3 is 2.83 bits per heavy atom. The summed E-state index contributed by atoms with van der Waals surface area (Å²) in [4.78, 5) is 18.5. The highest BCUT2D eigenvalue weighted by Gasteiger charge is 2.24. The van der Waals surface area contributed by atoms with Gasteiger partial charge in [-0.1, -0.05) is 6.07 Å². The van der Waals surface area contributed by atoms with Crippen LogP contribution in [-0.2, 0) is 13.5 Å². The van der Waals surface area contributed by atoms with Crippen LogP contribution in [0.2, 0.25) is 0 Å². The second-order valence-electron chi connectivity index (χ2n) is 6.47. The quantitative estimate of drug-likeness (QED) is 0.930. The average molecular weight is 328 g/mol. The number of nitrogens with zero attached hydrogens (tertiary/aromatic N) is 5. The number of amides is 2. The molecule has 1 N–H and O–H groups in total. The summed E-state index contributed by atoms with van der Waals surface area (Å²) in [6, 6.07) is 3.92. The first kappa shape index (κ1) is 16.4. The number of aryl methyl sites for hydroxylation is 1. The van der Waals surface area contributed by atoms with Gasteiger partial charge in [-0.05, 0) is 43.7 Å². The second kappa shape index (κ2) is 7.42. The van der Waals surface area contributed by atoms with Gasteiger partial charge >= 0.3 is 6.03 Å². The number of pyridine rings is 1. The Bertz CT molecular complexity index is 663. The summed E-state index contributed by atoms with van der Waals surface area (Å²) in [7, 11) is 1.88. The first-order chi connectivity index (χ1) is 11.6. The molecule has 0 aliphatic carbocycles. The van der Waals surface area contributed by atoms with Crippen LogP contribution in [0.1, 0.15) is 37.2 Å². The van der Waals surface area contributed by atoms with Gasteiger partial charge in [0.05, 0.1) is 6.04 Å². The molecule has 128 valence electrons. The highest BCUT2D eigenvalue weighted by molar-refractivity contribution is 5.74. The van der Waals surface area contributed by atoms with Crippen molar-refractivity contribution in [3.05, 3.63) is 42.2 Å². The summed E-state index contributed by atoms with van der Waals surface area (Å²) in [5.74, 6) is 1.38. The highest BCUT2D eigenvalue weighted by atomic mass is 16.2. The predicted molar refractivity (Wildman–Crippen MR) is 90.2 cm³/mol. The number of nitrogens with one attached hydrogen (secondary N) is 1. The van der Waals surface area contributed by atoms with Crippen LogP contribution in [-0.4, -0.2) is 43.8 Å². The molecule has 0 aromatic carbocycles. The van der Waals surface area contributed by atoms with E-state index in [0.29, 0.717) is 5.92 Å². The van der Waals surface area contributed by atoms with Crippen molar-refractivity contribution in [3.63, 3.8) is 0 Å². The zero-order valence-electron chi connectivity index (χ0n) is 14.2. The van der Waals surface area contributed by atoms with Crippen molar-refractivity contribution < 1.29 is 4.79 Å². The Kier molecular flexibility index (Phi) is 5.08. The zero-order valence-corrected chi connectivity index (χ0v) is 14.2. The molecule has 1 saturated heterocycles. The van der Waals surface area contributed by atoms with Gasteiger partial charge in [0.25, 0.3) is 0 Å². The number of carbonyl (C=O) groups excluding carboxylic acids is 1. The van der Waals surface area contributed by atoms with Gasteiger partial charge in [0, 0.05) is 32.5 Å². The lowest BCUT2D eigenvalue weighted by Crippen LogP contribution is -2.45. The molecule has 7 heteroatoms. The number of aromatic nitrogens is 4. The lowest BCUT2D eigenvalue weighted by molar-refractivity contribution is 0.167. The molecule has 0 radical (unpaired) electrons. The maximum absolute atomic E-state index is 12.4. The first-order valence-electron chi connectivity index (χ1n) is 8.41. The van der Waals surface area contributed by atoms with E-state index in [0.717, 1.165) is 38.2 Å². The Labute approximate surface area is 142 Å². The van der Waals surface area contributed by atoms with Crippen molar-refractivity contribution in [1.29, 1.82) is 0 Å². The van der Waals surface area contributed by atoms with Crippen molar-refractivity contribution in [2.45, 2.75) is 32.2 Å². The fourth-order valence-electron chi connectivity index (χ4n) is 3.22. The van der Waals surface area contributed by atoms with E-state index in [9.17, 15) is 4.79 Å². The molecule has 24 heavy (non-hydrogen) atoms. The highest BCUT2D eigenvalue weighted by Crippen LogP contribution is 2.21. The van der Waals surface area contributed by atoms with Crippen LogP contribution in [0.4, 0.5) is 4.79 Å². The molecule has 2 amide bonds. The lowest BCUT2D eigenvalue weighted by atomic mass is 9.91. The predicted octanol–water partition coefficient (Wildman–Crippen LogP) is 1.94. The smallest absolute Gasteiger partial charge is 0.317 e. The van der Waals surface area contributed by atoms with Crippen LogP contribution in [0.3, 0.4) is 0 Å². The van der Waals surface area contributed by atoms with Crippen LogP contribution < -0.4 is 5.32 Å². The minimum Gasteiger partial charge on any atom is -0.328 e. The number of likely N-dealkylation sites (tertiary alicyclic amines) is 1. The van der Waals surface area contributed by atoms with Crippen LogP contribution in [0.15, 0.2) is 30.9 Å². The van der Waals surface area contributed by atoms with Gasteiger partial charge in [-0.3, -0.25) is 4.98 Å². The summed E-state index contributed by atoms with van der Waals surface area (Å²) >= 11 is 0. The third-order valence-electron chi connectivity index (χ3n) is 4.62. The number of urea groups is 1. The Balaban J connectivity index is 1.47. The molecule has 2 aromatic rings. The molecule has 1 fully saturated rings. The number of piperidine rings is 1. The van der Waals surface area contributed by atoms with E-state index in [2.05, 4.69) is 26.6 Å². The van der Waals surface area contributed by atoms with E-state index < -0.39 is 0 Å². The van der Waals surface area contributed by atoms with E-state index in [1.165, 1.54) is 5.56 Å². The number of carbonyl (C=O) groups is 1. The van der Waals surface area contributed by atoms with Crippen molar-refractivity contribution in [1.82, 2.24) is 30.0 Å². The molecular weight excluding hydrogens is 304 g/mol. The molecule has 7 nitrogen and oxygen atoms in total. The van der Waals surface area contributed by atoms with Gasteiger partial charge in [0.15, 0.2) is 5.82 Å². The van der Waals surface area contributed by atoms with Crippen molar-refractivity contribution in [2.75, 3.05) is 13.1 Å². The van der Waals surface area contributed by atoms with E-state index in [1.807, 2.05) is 35.7 Å². The van der Waals surface area contributed by atoms with Gasteiger partial charge in [0.2, 0.25) is 0 Å². The summed E-state index contributed by atoms with van der Waals surface area (Å²) < 4.78 is 1.82. The maximum Gasteiger partial charge on any atom is 0.317 e. The van der Waals surface area contributed by atoms with Gasteiger partial charge in [-0.15, -0.1) is 10.2 Å². The Morgan fingerprint density at radius 1 is 1.42 bits per heavy atom. The van der Waals surface area contributed by atoms with Crippen LogP contribution >= 0.6 is 0 Å². The number of hydrogen-bond acceptors (Lipinski definition) is 4. The standard InChI is InChI=1S/C17H24N6O/c1-13(16-21-19-12-22(16)2)20-17(24)23-8-5-14(6-9-23)10-15-4-3-7-18-11-15/h3-4,7,11-14H,5-6,8-10H2,1-2H3,(H,20,24). The normalized spacial score (nSPS) is 16.8. The van der Waals surface area contributed by atoms with Crippen LogP contribution in [0.5, 0.6) is 0 Å². The topological polar surface area (TPSA) is 75.9 Å². The zero-order chi connectivity index (χ0) is 16.9. The van der Waals surface area contributed by atoms with Gasteiger partial charge in [-0.2, -0.15) is 0 Å². The minimum absolute atomic E-state index is 0.0228. The summed E-state index contributed by atoms with van der Waals surface area (Å²) in [6.07, 6.45) is 8.47. The lowest BCUT2D eigenvalue weighted by Gasteiger charge is -2.32. The van der Waals surface area contributed by atoms with Crippen LogP contribution in [0.25, 0.3) is 0 Å². The molecule has 3 heterocycles. The molecule has 0 saturated carbocycles. The fourth-order valence-corrected chi connectivity index (χ4v) is 3.22. The first-order valence-corrected chi connectivity index (χ1v) is 8.41. The van der Waals surface area contributed by atoms with E-state index in [1.54, 1.807) is 12.5 Å². The second-order valence-corrected chi connectivity index (χ2v) is 6.47. The SMILES string of the molecule is CC(NC(=O)N1CCC(Cc2cccnc2)CC1)c1nncn1C. The molecular formula is C17H24N6O. The Hall–Kier alpha value is -2.44. The molecule has 3 rings (SSSR count). The fraction of sp³-hybridized carbons (Fsp3) is 0.529.